The first-order chi connectivity index (χ1) is 15.1. The molecule has 2 unspecified atom stereocenters. The molecule has 7 heteroatoms. The van der Waals surface area contributed by atoms with Crippen LogP contribution in [0.4, 0.5) is 0 Å². The molecule has 0 saturated carbocycles. The summed E-state index contributed by atoms with van der Waals surface area (Å²) in [5.74, 6) is -1.50. The lowest BCUT2D eigenvalue weighted by atomic mass is 9.88. The number of rotatable bonds is 9. The number of amides is 1. The number of hydrogen-bond donors (Lipinski definition) is 0. The topological polar surface area (TPSA) is 76.8 Å². The molecular weight excluding hydrogens is 414 g/mol. The van der Waals surface area contributed by atoms with Crippen LogP contribution in [0.2, 0.25) is 0 Å². The Labute approximate surface area is 184 Å². The highest BCUT2D eigenvalue weighted by atomic mass is 32.1. The Morgan fingerprint density at radius 3 is 2.58 bits per heavy atom. The summed E-state index contributed by atoms with van der Waals surface area (Å²) in [6.45, 7) is 2.84. The molecule has 0 radical (unpaired) electrons. The van der Waals surface area contributed by atoms with Crippen molar-refractivity contribution < 1.29 is 23.5 Å². The summed E-state index contributed by atoms with van der Waals surface area (Å²) >= 11 is 1.27. The lowest BCUT2D eigenvalue weighted by molar-refractivity contribution is -0.141. The third-order valence-electron chi connectivity index (χ3n) is 5.35. The van der Waals surface area contributed by atoms with Gasteiger partial charge in [0.25, 0.3) is 5.91 Å². The fourth-order valence-corrected chi connectivity index (χ4v) is 4.47. The molecule has 3 aromatic rings. The third-order valence-corrected chi connectivity index (χ3v) is 6.23. The summed E-state index contributed by atoms with van der Waals surface area (Å²) in [6, 6.07) is 13.5. The van der Waals surface area contributed by atoms with Gasteiger partial charge in [-0.2, -0.15) is 0 Å². The molecule has 160 valence electrons. The largest absolute Gasteiger partial charge is 0.494 e. The van der Waals surface area contributed by atoms with E-state index in [1.54, 1.807) is 29.6 Å². The number of carbonyl (C=O) groups is 3. The van der Waals surface area contributed by atoms with E-state index in [1.807, 2.05) is 24.3 Å². The van der Waals surface area contributed by atoms with E-state index in [1.165, 1.54) is 22.5 Å². The van der Waals surface area contributed by atoms with Crippen molar-refractivity contribution in [3.05, 3.63) is 76.4 Å². The van der Waals surface area contributed by atoms with Crippen LogP contribution >= 0.6 is 11.3 Å². The summed E-state index contributed by atoms with van der Waals surface area (Å²) in [7, 11) is 0. The summed E-state index contributed by atoms with van der Waals surface area (Å²) in [4.78, 5) is 40.9. The molecule has 31 heavy (non-hydrogen) atoms. The van der Waals surface area contributed by atoms with Gasteiger partial charge in [-0.05, 0) is 47.7 Å². The fourth-order valence-electron chi connectivity index (χ4n) is 3.77. The molecule has 0 aliphatic carbocycles. The van der Waals surface area contributed by atoms with Crippen molar-refractivity contribution in [1.82, 2.24) is 4.90 Å². The molecule has 2 aromatic heterocycles. The number of likely N-dealkylation sites (tertiary alicyclic amines) is 1. The molecule has 1 aromatic carbocycles. The van der Waals surface area contributed by atoms with Crippen molar-refractivity contribution in [1.29, 1.82) is 0 Å². The molecule has 0 N–H and O–H groups in total. The Morgan fingerprint density at radius 2 is 1.94 bits per heavy atom. The maximum absolute atomic E-state index is 13.2. The number of thiophene rings is 1. The van der Waals surface area contributed by atoms with Crippen molar-refractivity contribution in [2.45, 2.75) is 32.4 Å². The summed E-state index contributed by atoms with van der Waals surface area (Å²) < 4.78 is 11.1. The van der Waals surface area contributed by atoms with Gasteiger partial charge in [0.1, 0.15) is 17.4 Å². The standard InChI is InChI=1S/C24H23NO5S/c1-2-3-12-29-17-10-8-16(9-11-17)21-20(22(26)19-7-5-14-31-19)23(27)24(28)25(21)15-18-6-4-13-30-18/h4-11,13-14,20-21H,2-3,12,15H2,1H3. The quantitative estimate of drug-likeness (QED) is 0.210. The second-order valence-corrected chi connectivity index (χ2v) is 8.36. The van der Waals surface area contributed by atoms with Crippen LogP contribution in [0.25, 0.3) is 0 Å². The van der Waals surface area contributed by atoms with Crippen molar-refractivity contribution in [2.24, 2.45) is 5.92 Å². The van der Waals surface area contributed by atoms with E-state index in [-0.39, 0.29) is 12.3 Å². The molecule has 3 heterocycles. The molecule has 1 fully saturated rings. The van der Waals surface area contributed by atoms with Crippen LogP contribution < -0.4 is 4.74 Å². The number of Topliss-reactive ketones (excluding diaryl/α,β-unsaturated/α-hetero) is 2. The first-order valence-electron chi connectivity index (χ1n) is 10.3. The van der Waals surface area contributed by atoms with Crippen molar-refractivity contribution in [2.75, 3.05) is 6.61 Å². The highest BCUT2D eigenvalue weighted by Crippen LogP contribution is 2.40. The SMILES string of the molecule is CCCCOc1ccc(C2C(C(=O)c3cccs3)C(=O)C(=O)N2Cc2ccco2)cc1. The Hall–Kier alpha value is -3.19. The zero-order valence-electron chi connectivity index (χ0n) is 17.2. The Kier molecular flexibility index (Phi) is 6.32. The maximum Gasteiger partial charge on any atom is 0.291 e. The highest BCUT2D eigenvalue weighted by molar-refractivity contribution is 7.12. The van der Waals surface area contributed by atoms with E-state index < -0.39 is 23.7 Å². The molecule has 4 rings (SSSR count). The van der Waals surface area contributed by atoms with E-state index >= 15 is 0 Å². The monoisotopic (exact) mass is 437 g/mol. The molecule has 0 bridgehead atoms. The van der Waals surface area contributed by atoms with Gasteiger partial charge in [-0.1, -0.05) is 31.5 Å². The minimum absolute atomic E-state index is 0.116. The van der Waals surface area contributed by atoms with E-state index in [9.17, 15) is 14.4 Å². The number of hydrogen-bond acceptors (Lipinski definition) is 6. The third kappa shape index (κ3) is 4.32. The van der Waals surface area contributed by atoms with Crippen LogP contribution in [0, 0.1) is 5.92 Å². The number of nitrogens with zero attached hydrogens (tertiary/aromatic N) is 1. The zero-order chi connectivity index (χ0) is 21.8. The van der Waals surface area contributed by atoms with Gasteiger partial charge in [-0.25, -0.2) is 0 Å². The number of carbonyl (C=O) groups excluding carboxylic acids is 3. The smallest absolute Gasteiger partial charge is 0.291 e. The highest BCUT2D eigenvalue weighted by Gasteiger charge is 2.52. The van der Waals surface area contributed by atoms with Gasteiger partial charge in [-0.15, -0.1) is 11.3 Å². The van der Waals surface area contributed by atoms with Crippen LogP contribution in [-0.2, 0) is 16.1 Å². The maximum atomic E-state index is 13.2. The number of benzene rings is 1. The number of ether oxygens (including phenoxy) is 1. The van der Waals surface area contributed by atoms with Crippen LogP contribution in [0.15, 0.2) is 64.6 Å². The lowest BCUT2D eigenvalue weighted by Gasteiger charge is -2.26. The average molecular weight is 438 g/mol. The summed E-state index contributed by atoms with van der Waals surface area (Å²) in [5, 5.41) is 1.78. The van der Waals surface area contributed by atoms with Gasteiger partial charge in [-0.3, -0.25) is 14.4 Å². The van der Waals surface area contributed by atoms with E-state index in [0.29, 0.717) is 28.6 Å². The van der Waals surface area contributed by atoms with E-state index in [0.717, 1.165) is 12.8 Å². The second kappa shape index (κ2) is 9.31. The minimum Gasteiger partial charge on any atom is -0.494 e. The predicted octanol–water partition coefficient (Wildman–Crippen LogP) is 4.67. The molecule has 6 nitrogen and oxygen atoms in total. The lowest BCUT2D eigenvalue weighted by Crippen LogP contribution is -2.30. The molecular formula is C24H23NO5S. The predicted molar refractivity (Wildman–Crippen MR) is 116 cm³/mol. The van der Waals surface area contributed by atoms with Crippen LogP contribution in [-0.4, -0.2) is 29.0 Å². The first-order valence-corrected chi connectivity index (χ1v) is 11.2. The second-order valence-electron chi connectivity index (χ2n) is 7.41. The number of ketones is 2. The van der Waals surface area contributed by atoms with E-state index in [2.05, 4.69) is 6.92 Å². The summed E-state index contributed by atoms with van der Waals surface area (Å²) in [6.07, 6.45) is 3.52. The molecule has 0 spiro atoms. The van der Waals surface area contributed by atoms with Crippen LogP contribution in [0.5, 0.6) is 5.75 Å². The molecule has 2 atom stereocenters. The van der Waals surface area contributed by atoms with Crippen molar-refractivity contribution >= 4 is 28.8 Å². The fraction of sp³-hybridized carbons (Fsp3) is 0.292. The van der Waals surface area contributed by atoms with Crippen molar-refractivity contribution in [3.63, 3.8) is 0 Å². The van der Waals surface area contributed by atoms with Crippen LogP contribution in [0.3, 0.4) is 0 Å². The molecule has 1 aliphatic rings. The van der Waals surface area contributed by atoms with Gasteiger partial charge in [0.05, 0.1) is 30.3 Å². The van der Waals surface area contributed by atoms with Gasteiger partial charge in [0.2, 0.25) is 5.78 Å². The Morgan fingerprint density at radius 1 is 1.13 bits per heavy atom. The van der Waals surface area contributed by atoms with Gasteiger partial charge < -0.3 is 14.1 Å². The Balaban J connectivity index is 1.67. The van der Waals surface area contributed by atoms with Crippen molar-refractivity contribution in [3.8, 4) is 5.75 Å². The molecule has 1 aliphatic heterocycles. The minimum atomic E-state index is -1.09. The Bertz CT molecular complexity index is 1040. The van der Waals surface area contributed by atoms with Crippen LogP contribution in [0.1, 0.15) is 46.8 Å². The first kappa shape index (κ1) is 21.1. The van der Waals surface area contributed by atoms with Gasteiger partial charge in [0, 0.05) is 0 Å². The summed E-state index contributed by atoms with van der Waals surface area (Å²) in [5.41, 5.74) is 0.712. The van der Waals surface area contributed by atoms with E-state index in [4.69, 9.17) is 9.15 Å². The molecule has 1 amide bonds. The number of unbranched alkanes of at least 4 members (excludes halogenated alkanes) is 1. The van der Waals surface area contributed by atoms with Gasteiger partial charge >= 0.3 is 0 Å². The van der Waals surface area contributed by atoms with Gasteiger partial charge in [0.15, 0.2) is 5.78 Å². The normalized spacial score (nSPS) is 18.5. The average Bonchev–Trinajstić information content (AvgIpc) is 3.53. The zero-order valence-corrected chi connectivity index (χ0v) is 18.0. The molecule has 1 saturated heterocycles. The number of furan rings is 1.